The minimum Gasteiger partial charge on any atom is -0.405 e. The molecule has 0 amide bonds. The first-order valence-corrected chi connectivity index (χ1v) is 11.2. The highest BCUT2D eigenvalue weighted by Crippen LogP contribution is 2.33. The summed E-state index contributed by atoms with van der Waals surface area (Å²) in [6.07, 6.45) is 0. The Labute approximate surface area is 197 Å². The first kappa shape index (κ1) is 21.2. The zero-order valence-corrected chi connectivity index (χ0v) is 18.9. The number of anilines is 1. The maximum atomic E-state index is 13.1. The Hall–Kier alpha value is -3.64. The van der Waals surface area contributed by atoms with Crippen molar-refractivity contribution in [3.8, 4) is 0 Å². The Bertz CT molecular complexity index is 1220. The van der Waals surface area contributed by atoms with E-state index < -0.39 is 12.1 Å². The van der Waals surface area contributed by atoms with Crippen LogP contribution in [0.2, 0.25) is 5.02 Å². The number of carbonyl (C=O) groups is 1. The molecule has 0 aromatic heterocycles. The van der Waals surface area contributed by atoms with E-state index in [4.69, 9.17) is 26.3 Å². The third-order valence-electron chi connectivity index (χ3n) is 5.83. The molecule has 3 aromatic carbocycles. The maximum Gasteiger partial charge on any atom is 0.340 e. The van der Waals surface area contributed by atoms with Gasteiger partial charge in [0.25, 0.3) is 0 Å². The molecular weight excluding hydrogens is 436 g/mol. The number of hydrogen-bond donors (Lipinski definition) is 1. The van der Waals surface area contributed by atoms with Gasteiger partial charge in [0, 0.05) is 22.8 Å². The van der Waals surface area contributed by atoms with Crippen LogP contribution >= 0.6 is 11.6 Å². The Morgan fingerprint density at radius 3 is 2.52 bits per heavy atom. The lowest BCUT2D eigenvalue weighted by atomic mass is 9.98. The second kappa shape index (κ2) is 9.08. The van der Waals surface area contributed by atoms with E-state index in [1.807, 2.05) is 85.8 Å². The van der Waals surface area contributed by atoms with Gasteiger partial charge in [-0.1, -0.05) is 60.1 Å². The highest BCUT2D eigenvalue weighted by molar-refractivity contribution is 6.30. The molecule has 5 rings (SSSR count). The molecule has 0 spiro atoms. The molecule has 0 saturated carbocycles. The van der Waals surface area contributed by atoms with Gasteiger partial charge < -0.3 is 15.0 Å². The molecule has 2 aliphatic heterocycles. The minimum absolute atomic E-state index is 0.342. The summed E-state index contributed by atoms with van der Waals surface area (Å²) in [7, 11) is 0. The van der Waals surface area contributed by atoms with Gasteiger partial charge in [0.2, 0.25) is 5.90 Å². The number of nitrogens with one attached hydrogen (secondary N) is 1. The van der Waals surface area contributed by atoms with Crippen LogP contribution in [-0.4, -0.2) is 41.9 Å². The third kappa shape index (κ3) is 4.34. The molecule has 6 nitrogen and oxygen atoms in total. The summed E-state index contributed by atoms with van der Waals surface area (Å²) in [6, 6.07) is 23.9. The van der Waals surface area contributed by atoms with Crippen LogP contribution in [0.3, 0.4) is 0 Å². The summed E-state index contributed by atoms with van der Waals surface area (Å²) in [5.74, 6) is 0.672. The van der Waals surface area contributed by atoms with Crippen LogP contribution in [0.4, 0.5) is 5.69 Å². The summed E-state index contributed by atoms with van der Waals surface area (Å²) in [5.41, 5.74) is 3.78. The number of hydrogen-bond acceptors (Lipinski definition) is 6. The van der Waals surface area contributed by atoms with Gasteiger partial charge in [-0.2, -0.15) is 0 Å². The normalized spacial score (nSPS) is 18.5. The standard InChI is InChI=1S/C26H23ClN4O2/c1-17-7-5-6-10-21(17)29-26-28-15-16-31(26)23(18-11-13-20(27)14-12-18)22-25(32)33-24(30-22)19-8-3-2-4-9-19/h2-14,22-23H,15-16H2,1H3,(H,28,29)/t22-,23+/m1/s1. The number of para-hydroxylation sites is 1. The fraction of sp³-hybridized carbons (Fsp3) is 0.192. The van der Waals surface area contributed by atoms with Crippen LogP contribution in [-0.2, 0) is 9.53 Å². The van der Waals surface area contributed by atoms with E-state index in [0.717, 1.165) is 22.4 Å². The Balaban J connectivity index is 1.52. The molecule has 3 aromatic rings. The summed E-state index contributed by atoms with van der Waals surface area (Å²) in [5, 5.41) is 4.08. The molecule has 0 saturated heterocycles. The fourth-order valence-corrected chi connectivity index (χ4v) is 4.27. The predicted molar refractivity (Wildman–Crippen MR) is 131 cm³/mol. The summed E-state index contributed by atoms with van der Waals surface area (Å²) in [6.45, 7) is 3.32. The molecule has 33 heavy (non-hydrogen) atoms. The average Bonchev–Trinajstić information content (AvgIpc) is 3.44. The molecule has 0 aliphatic carbocycles. The van der Waals surface area contributed by atoms with Gasteiger partial charge in [0.05, 0.1) is 12.6 Å². The highest BCUT2D eigenvalue weighted by Gasteiger charge is 2.42. The second-order valence-electron chi connectivity index (χ2n) is 8.00. The van der Waals surface area contributed by atoms with Crippen molar-refractivity contribution in [2.24, 2.45) is 9.98 Å². The van der Waals surface area contributed by atoms with Gasteiger partial charge in [-0.05, 0) is 48.4 Å². The molecule has 2 aliphatic rings. The predicted octanol–water partition coefficient (Wildman–Crippen LogP) is 4.85. The fourth-order valence-electron chi connectivity index (χ4n) is 4.14. The van der Waals surface area contributed by atoms with Crippen LogP contribution in [0.15, 0.2) is 88.8 Å². The first-order valence-electron chi connectivity index (χ1n) is 10.8. The lowest BCUT2D eigenvalue weighted by Crippen LogP contribution is -2.43. The van der Waals surface area contributed by atoms with Gasteiger partial charge in [-0.25, -0.2) is 9.79 Å². The van der Waals surface area contributed by atoms with E-state index in [2.05, 4.69) is 10.2 Å². The number of rotatable bonds is 5. The number of aliphatic imine (C=N–C) groups is 2. The van der Waals surface area contributed by atoms with E-state index in [9.17, 15) is 4.79 Å². The van der Waals surface area contributed by atoms with Crippen molar-refractivity contribution >= 4 is 35.1 Å². The number of esters is 1. The monoisotopic (exact) mass is 458 g/mol. The number of halogens is 1. The summed E-state index contributed by atoms with van der Waals surface area (Å²) < 4.78 is 5.62. The van der Waals surface area contributed by atoms with Crippen molar-refractivity contribution in [1.29, 1.82) is 0 Å². The Morgan fingerprint density at radius 2 is 1.76 bits per heavy atom. The van der Waals surface area contributed by atoms with Gasteiger partial charge >= 0.3 is 5.97 Å². The number of cyclic esters (lactones) is 1. The number of benzene rings is 3. The van der Waals surface area contributed by atoms with Crippen molar-refractivity contribution in [3.63, 3.8) is 0 Å². The molecular formula is C26H23ClN4O2. The molecule has 1 N–H and O–H groups in total. The summed E-state index contributed by atoms with van der Waals surface area (Å²) >= 11 is 6.15. The number of guanidine groups is 1. The average molecular weight is 459 g/mol. The summed E-state index contributed by atoms with van der Waals surface area (Å²) in [4.78, 5) is 24.6. The topological polar surface area (TPSA) is 66.3 Å². The quantitative estimate of drug-likeness (QED) is 0.555. The Morgan fingerprint density at radius 1 is 1.03 bits per heavy atom. The van der Waals surface area contributed by atoms with Gasteiger partial charge in [0.1, 0.15) is 0 Å². The zero-order valence-electron chi connectivity index (χ0n) is 18.1. The van der Waals surface area contributed by atoms with Crippen molar-refractivity contribution in [1.82, 2.24) is 4.90 Å². The molecule has 0 fully saturated rings. The lowest BCUT2D eigenvalue weighted by Gasteiger charge is -2.32. The van der Waals surface area contributed by atoms with Crippen LogP contribution in [0.25, 0.3) is 0 Å². The number of nitrogens with zero attached hydrogens (tertiary/aromatic N) is 3. The number of aryl methyl sites for hydroxylation is 1. The van der Waals surface area contributed by atoms with E-state index in [-0.39, 0.29) is 5.97 Å². The van der Waals surface area contributed by atoms with Crippen LogP contribution in [0.5, 0.6) is 0 Å². The van der Waals surface area contributed by atoms with E-state index in [1.54, 1.807) is 0 Å². The first-order chi connectivity index (χ1) is 16.1. The minimum atomic E-state index is -0.733. The zero-order chi connectivity index (χ0) is 22.8. The van der Waals surface area contributed by atoms with Gasteiger partial charge in [0.15, 0.2) is 12.0 Å². The molecule has 0 unspecified atom stereocenters. The molecule has 7 heteroatoms. The van der Waals surface area contributed by atoms with E-state index in [1.165, 1.54) is 0 Å². The van der Waals surface area contributed by atoms with Crippen molar-refractivity contribution in [2.75, 3.05) is 18.4 Å². The molecule has 0 bridgehead atoms. The van der Waals surface area contributed by atoms with Crippen molar-refractivity contribution < 1.29 is 9.53 Å². The second-order valence-corrected chi connectivity index (χ2v) is 8.44. The maximum absolute atomic E-state index is 13.1. The molecule has 0 radical (unpaired) electrons. The van der Waals surface area contributed by atoms with Crippen LogP contribution in [0, 0.1) is 6.92 Å². The van der Waals surface area contributed by atoms with Gasteiger partial charge in [-0.15, -0.1) is 0 Å². The SMILES string of the molecule is Cc1ccccc1NC1=NCCN1[C@@H](c1ccc(Cl)cc1)[C@H]1N=C(c2ccccc2)OC1=O. The highest BCUT2D eigenvalue weighted by atomic mass is 35.5. The lowest BCUT2D eigenvalue weighted by molar-refractivity contribution is -0.136. The van der Waals surface area contributed by atoms with E-state index >= 15 is 0 Å². The van der Waals surface area contributed by atoms with Crippen LogP contribution < -0.4 is 5.32 Å². The molecule has 166 valence electrons. The largest absolute Gasteiger partial charge is 0.405 e. The molecule has 2 atom stereocenters. The van der Waals surface area contributed by atoms with Crippen molar-refractivity contribution in [2.45, 2.75) is 19.0 Å². The Kier molecular flexibility index (Phi) is 5.84. The number of carbonyl (C=O) groups excluding carboxylic acids is 1. The third-order valence-corrected chi connectivity index (χ3v) is 6.08. The van der Waals surface area contributed by atoms with Crippen LogP contribution in [0.1, 0.15) is 22.7 Å². The number of ether oxygens (including phenoxy) is 1. The van der Waals surface area contributed by atoms with Gasteiger partial charge in [-0.3, -0.25) is 4.99 Å². The van der Waals surface area contributed by atoms with Crippen molar-refractivity contribution in [3.05, 3.63) is 101 Å². The molecule has 2 heterocycles. The van der Waals surface area contributed by atoms with E-state index in [0.29, 0.717) is 30.0 Å². The smallest absolute Gasteiger partial charge is 0.340 e.